The molecule has 1 N–H and O–H groups in total. The highest BCUT2D eigenvalue weighted by Crippen LogP contribution is 2.50. The standard InChI is InChI=1S/C32H39N5O/c1-36-16-4-8-25(36)20-38-31-34-28-17-32(14-12-22-6-2-5-21-7-3-9-27(32)29(21)22)15-13-26(28)30(35-31)37-23-10-11-24(37)19-33-18-23/h2-3,5-7,9,23-25,33H,4,8,10-20H2,1H3/t23-,24+,25-,32?/m0/s1. The molecule has 2 aliphatic carbocycles. The number of piperazine rings is 1. The minimum atomic E-state index is 0.151. The number of nitrogens with zero attached hydrogens (tertiary/aromatic N) is 4. The summed E-state index contributed by atoms with van der Waals surface area (Å²) in [5.41, 5.74) is 5.84. The average molecular weight is 510 g/mol. The number of aromatic nitrogens is 2. The van der Waals surface area contributed by atoms with Crippen LogP contribution in [-0.2, 0) is 24.7 Å². The van der Waals surface area contributed by atoms with Crippen molar-refractivity contribution in [2.24, 2.45) is 0 Å². The molecule has 6 heteroatoms. The lowest BCUT2D eigenvalue weighted by Gasteiger charge is -2.44. The lowest BCUT2D eigenvalue weighted by Crippen LogP contribution is -2.53. The van der Waals surface area contributed by atoms with Crippen LogP contribution in [0.25, 0.3) is 10.8 Å². The second-order valence-electron chi connectivity index (χ2n) is 12.6. The van der Waals surface area contributed by atoms with E-state index in [4.69, 9.17) is 14.7 Å². The number of fused-ring (bicyclic) bond motifs is 4. The van der Waals surface area contributed by atoms with E-state index in [1.807, 2.05) is 0 Å². The van der Waals surface area contributed by atoms with Crippen LogP contribution in [0.2, 0.25) is 0 Å². The molecule has 3 fully saturated rings. The average Bonchev–Trinajstić information content (AvgIpc) is 3.47. The van der Waals surface area contributed by atoms with Crippen LogP contribution in [0.5, 0.6) is 6.01 Å². The Labute approximate surface area is 225 Å². The van der Waals surface area contributed by atoms with E-state index in [1.165, 1.54) is 71.9 Å². The van der Waals surface area contributed by atoms with Gasteiger partial charge in [0.15, 0.2) is 0 Å². The second kappa shape index (κ2) is 8.92. The monoisotopic (exact) mass is 509 g/mol. The van der Waals surface area contributed by atoms with Crippen molar-refractivity contribution < 1.29 is 4.74 Å². The molecule has 4 heterocycles. The predicted molar refractivity (Wildman–Crippen MR) is 151 cm³/mol. The van der Waals surface area contributed by atoms with Gasteiger partial charge < -0.3 is 19.9 Å². The van der Waals surface area contributed by atoms with Gasteiger partial charge in [-0.25, -0.2) is 0 Å². The maximum atomic E-state index is 6.43. The third-order valence-corrected chi connectivity index (χ3v) is 10.5. The summed E-state index contributed by atoms with van der Waals surface area (Å²) in [6.07, 6.45) is 10.5. The molecule has 1 unspecified atom stereocenters. The summed E-state index contributed by atoms with van der Waals surface area (Å²) in [5.74, 6) is 1.18. The highest BCUT2D eigenvalue weighted by Gasteiger charge is 2.44. The van der Waals surface area contributed by atoms with Crippen LogP contribution in [0.3, 0.4) is 0 Å². The molecule has 3 aliphatic heterocycles. The van der Waals surface area contributed by atoms with E-state index in [9.17, 15) is 0 Å². The largest absolute Gasteiger partial charge is 0.462 e. The maximum Gasteiger partial charge on any atom is 0.318 e. The molecule has 8 rings (SSSR count). The highest BCUT2D eigenvalue weighted by atomic mass is 16.5. The molecule has 0 amide bonds. The van der Waals surface area contributed by atoms with Crippen molar-refractivity contribution in [2.75, 3.05) is 38.2 Å². The zero-order valence-electron chi connectivity index (χ0n) is 22.6. The van der Waals surface area contributed by atoms with Crippen molar-refractivity contribution in [2.45, 2.75) is 81.3 Å². The van der Waals surface area contributed by atoms with E-state index in [0.29, 0.717) is 30.7 Å². The smallest absolute Gasteiger partial charge is 0.318 e. The normalized spacial score (nSPS) is 30.2. The van der Waals surface area contributed by atoms with E-state index in [-0.39, 0.29) is 5.41 Å². The second-order valence-corrected chi connectivity index (χ2v) is 12.6. The molecule has 0 saturated carbocycles. The Hall–Kier alpha value is -2.70. The Morgan fingerprint density at radius 3 is 2.63 bits per heavy atom. The Morgan fingerprint density at radius 1 is 1.00 bits per heavy atom. The van der Waals surface area contributed by atoms with Crippen LogP contribution < -0.4 is 15.0 Å². The van der Waals surface area contributed by atoms with Gasteiger partial charge in [0.05, 0.1) is 5.69 Å². The third-order valence-electron chi connectivity index (χ3n) is 10.5. The number of ether oxygens (including phenoxy) is 1. The zero-order valence-corrected chi connectivity index (χ0v) is 22.6. The highest BCUT2D eigenvalue weighted by molar-refractivity contribution is 5.90. The molecule has 2 aromatic carbocycles. The fourth-order valence-corrected chi connectivity index (χ4v) is 8.45. The van der Waals surface area contributed by atoms with Crippen molar-refractivity contribution in [1.29, 1.82) is 0 Å². The Morgan fingerprint density at radius 2 is 1.82 bits per heavy atom. The van der Waals surface area contributed by atoms with Gasteiger partial charge in [-0.05, 0) is 86.9 Å². The van der Waals surface area contributed by atoms with Gasteiger partial charge in [-0.15, -0.1) is 0 Å². The van der Waals surface area contributed by atoms with Crippen molar-refractivity contribution in [3.63, 3.8) is 0 Å². The molecule has 1 spiro atoms. The summed E-state index contributed by atoms with van der Waals surface area (Å²) in [5, 5.41) is 6.54. The fourth-order valence-electron chi connectivity index (χ4n) is 8.45. The number of nitrogens with one attached hydrogen (secondary N) is 1. The molecule has 3 saturated heterocycles. The number of likely N-dealkylation sites (tertiary alicyclic amines) is 1. The van der Waals surface area contributed by atoms with Crippen LogP contribution in [-0.4, -0.2) is 66.3 Å². The Bertz CT molecular complexity index is 1370. The summed E-state index contributed by atoms with van der Waals surface area (Å²) in [7, 11) is 2.21. The van der Waals surface area contributed by atoms with Gasteiger partial charge in [0.25, 0.3) is 0 Å². The van der Waals surface area contributed by atoms with Gasteiger partial charge in [-0.1, -0.05) is 36.4 Å². The first-order chi connectivity index (χ1) is 18.7. The lowest BCUT2D eigenvalue weighted by atomic mass is 9.62. The maximum absolute atomic E-state index is 6.43. The predicted octanol–water partition coefficient (Wildman–Crippen LogP) is 4.42. The van der Waals surface area contributed by atoms with Gasteiger partial charge in [0, 0.05) is 48.6 Å². The van der Waals surface area contributed by atoms with E-state index in [1.54, 1.807) is 5.56 Å². The molecule has 5 aliphatic rings. The molecular weight excluding hydrogens is 470 g/mol. The van der Waals surface area contributed by atoms with Gasteiger partial charge in [0.1, 0.15) is 12.4 Å². The van der Waals surface area contributed by atoms with Crippen LogP contribution >= 0.6 is 0 Å². The quantitative estimate of drug-likeness (QED) is 0.562. The van der Waals surface area contributed by atoms with Crippen LogP contribution in [0.15, 0.2) is 36.4 Å². The molecule has 3 aromatic rings. The van der Waals surface area contributed by atoms with Crippen molar-refractivity contribution in [3.8, 4) is 6.01 Å². The molecular formula is C32H39N5O. The van der Waals surface area contributed by atoms with Gasteiger partial charge >= 0.3 is 6.01 Å². The molecule has 38 heavy (non-hydrogen) atoms. The first kappa shape index (κ1) is 23.2. The molecule has 0 radical (unpaired) electrons. The first-order valence-electron chi connectivity index (χ1n) is 14.9. The van der Waals surface area contributed by atoms with Crippen molar-refractivity contribution in [3.05, 3.63) is 58.8 Å². The summed E-state index contributed by atoms with van der Waals surface area (Å²) in [6, 6.07) is 15.9. The zero-order chi connectivity index (χ0) is 25.3. The van der Waals surface area contributed by atoms with Gasteiger partial charge in [-0.2, -0.15) is 9.97 Å². The fraction of sp³-hybridized carbons (Fsp3) is 0.562. The van der Waals surface area contributed by atoms with Crippen molar-refractivity contribution >= 4 is 16.6 Å². The van der Waals surface area contributed by atoms with Gasteiger partial charge in [-0.3, -0.25) is 0 Å². The number of aryl methyl sites for hydroxylation is 1. The van der Waals surface area contributed by atoms with Crippen LogP contribution in [0.4, 0.5) is 5.82 Å². The minimum Gasteiger partial charge on any atom is -0.462 e. The summed E-state index contributed by atoms with van der Waals surface area (Å²) in [6.45, 7) is 3.95. The third kappa shape index (κ3) is 3.60. The van der Waals surface area contributed by atoms with E-state index >= 15 is 0 Å². The summed E-state index contributed by atoms with van der Waals surface area (Å²) in [4.78, 5) is 15.5. The van der Waals surface area contributed by atoms with Gasteiger partial charge in [0.2, 0.25) is 0 Å². The number of hydrogen-bond acceptors (Lipinski definition) is 6. The van der Waals surface area contributed by atoms with Crippen molar-refractivity contribution in [1.82, 2.24) is 20.2 Å². The number of hydrogen-bond donors (Lipinski definition) is 1. The first-order valence-corrected chi connectivity index (χ1v) is 14.9. The van der Waals surface area contributed by atoms with E-state index in [2.05, 4.69) is 58.6 Å². The number of rotatable bonds is 4. The van der Waals surface area contributed by atoms with Crippen LogP contribution in [0.1, 0.15) is 60.9 Å². The molecule has 198 valence electrons. The summed E-state index contributed by atoms with van der Waals surface area (Å²) >= 11 is 0. The number of anilines is 1. The molecule has 4 atom stereocenters. The Kier molecular flexibility index (Phi) is 5.45. The molecule has 2 bridgehead atoms. The van der Waals surface area contributed by atoms with Crippen LogP contribution in [0, 0.1) is 0 Å². The SMILES string of the molecule is CN1CCC[C@H]1COc1nc2c(c(N3[C@@H]4CC[C@H]3CNC4)n1)CCC1(CCc3cccc4cccc1c34)C2. The topological polar surface area (TPSA) is 53.5 Å². The van der Waals surface area contributed by atoms with E-state index < -0.39 is 0 Å². The van der Waals surface area contributed by atoms with E-state index in [0.717, 1.165) is 38.9 Å². The lowest BCUT2D eigenvalue weighted by molar-refractivity contribution is 0.186. The minimum absolute atomic E-state index is 0.151. The molecule has 1 aromatic heterocycles. The number of likely N-dealkylation sites (N-methyl/N-ethyl adjacent to an activating group) is 1. The molecule has 6 nitrogen and oxygen atoms in total. The Balaban J connectivity index is 1.20. The summed E-state index contributed by atoms with van der Waals surface area (Å²) < 4.78 is 6.43. The number of benzene rings is 2.